The molecule has 0 saturated heterocycles. The van der Waals surface area contributed by atoms with E-state index in [9.17, 15) is 4.79 Å². The largest absolute Gasteiger partial charge is 0.331 e. The topological polar surface area (TPSA) is 54.0 Å². The van der Waals surface area contributed by atoms with Gasteiger partial charge >= 0.3 is 6.03 Å². The molecule has 2 aromatic heterocycles. The maximum atomic E-state index is 12.2. The number of thiophene rings is 1. The van der Waals surface area contributed by atoms with E-state index in [2.05, 4.69) is 35.5 Å². The molecule has 2 aromatic rings. The summed E-state index contributed by atoms with van der Waals surface area (Å²) in [7, 11) is 0. The summed E-state index contributed by atoms with van der Waals surface area (Å²) in [5.74, 6) is 0. The summed E-state index contributed by atoms with van der Waals surface area (Å²) in [4.78, 5) is 20.6. The van der Waals surface area contributed by atoms with Crippen LogP contribution in [0.15, 0.2) is 6.07 Å². The highest BCUT2D eigenvalue weighted by Gasteiger charge is 2.18. The molecular formula is C16H21N3OS2. The molecule has 0 spiro atoms. The first-order valence-corrected chi connectivity index (χ1v) is 9.29. The van der Waals surface area contributed by atoms with Gasteiger partial charge in [-0.1, -0.05) is 0 Å². The molecule has 1 atom stereocenters. The van der Waals surface area contributed by atoms with E-state index in [1.165, 1.54) is 38.7 Å². The second-order valence-corrected chi connectivity index (χ2v) is 8.33. The first-order valence-electron chi connectivity index (χ1n) is 7.66. The summed E-state index contributed by atoms with van der Waals surface area (Å²) in [5.41, 5.74) is 2.36. The number of carbonyl (C=O) groups excluding carboxylic acids is 1. The molecule has 3 rings (SSSR count). The number of fused-ring (bicyclic) bond motifs is 1. The zero-order valence-corrected chi connectivity index (χ0v) is 14.8. The summed E-state index contributed by atoms with van der Waals surface area (Å²) in [6.07, 6.45) is 4.57. The van der Waals surface area contributed by atoms with Crippen molar-refractivity contribution >= 4 is 33.8 Å². The lowest BCUT2D eigenvalue weighted by molar-refractivity contribution is 0.249. The van der Waals surface area contributed by atoms with Gasteiger partial charge in [0, 0.05) is 14.6 Å². The fraction of sp³-hybridized carbons (Fsp3) is 0.500. The Balaban J connectivity index is 1.62. The van der Waals surface area contributed by atoms with E-state index in [0.29, 0.717) is 0 Å². The number of nitrogens with zero attached hydrogens (tertiary/aromatic N) is 1. The number of rotatable bonds is 3. The van der Waals surface area contributed by atoms with E-state index in [4.69, 9.17) is 0 Å². The first-order chi connectivity index (χ1) is 10.5. The fourth-order valence-corrected chi connectivity index (χ4v) is 4.96. The molecular weight excluding hydrogens is 314 g/mol. The first kappa shape index (κ1) is 15.5. The van der Waals surface area contributed by atoms with Crippen LogP contribution in [0.4, 0.5) is 9.93 Å². The second kappa shape index (κ2) is 6.38. The molecule has 0 aliphatic heterocycles. The number of carbonyl (C=O) groups is 1. The average molecular weight is 335 g/mol. The van der Waals surface area contributed by atoms with Crippen molar-refractivity contribution < 1.29 is 4.79 Å². The van der Waals surface area contributed by atoms with Crippen LogP contribution in [0.25, 0.3) is 0 Å². The molecule has 2 N–H and O–H groups in total. The molecule has 2 heterocycles. The monoisotopic (exact) mass is 335 g/mol. The molecule has 1 unspecified atom stereocenters. The maximum absolute atomic E-state index is 12.2. The third-order valence-electron chi connectivity index (χ3n) is 3.96. The second-order valence-electron chi connectivity index (χ2n) is 5.78. The number of amides is 2. The molecule has 6 heteroatoms. The van der Waals surface area contributed by atoms with Gasteiger partial charge < -0.3 is 5.32 Å². The molecule has 0 bridgehead atoms. The summed E-state index contributed by atoms with van der Waals surface area (Å²) in [6.45, 7) is 6.20. The minimum atomic E-state index is -0.179. The van der Waals surface area contributed by atoms with Crippen LogP contribution >= 0.6 is 22.7 Å². The average Bonchev–Trinajstić information content (AvgIpc) is 3.00. The third kappa shape index (κ3) is 3.33. The summed E-state index contributed by atoms with van der Waals surface area (Å²) in [6, 6.07) is 1.97. The van der Waals surface area contributed by atoms with Crippen LogP contribution in [0.2, 0.25) is 0 Å². The SMILES string of the molecule is Cc1cc(C(C)NC(=O)Nc2nc3c(s2)CCCC3)c(C)s1. The molecule has 0 radical (unpaired) electrons. The van der Waals surface area contributed by atoms with E-state index in [1.807, 2.05) is 6.92 Å². The number of urea groups is 1. The number of hydrogen-bond donors (Lipinski definition) is 2. The van der Waals surface area contributed by atoms with Gasteiger partial charge in [-0.15, -0.1) is 22.7 Å². The van der Waals surface area contributed by atoms with Crippen molar-refractivity contribution in [1.29, 1.82) is 0 Å². The standard InChI is InChI=1S/C16H21N3OS2/c1-9-8-12(11(3)21-9)10(2)17-15(20)19-16-18-13-6-4-5-7-14(13)22-16/h8,10H,4-7H2,1-3H3,(H2,17,18,19,20). The van der Waals surface area contributed by atoms with E-state index in [1.54, 1.807) is 22.7 Å². The molecule has 2 amide bonds. The van der Waals surface area contributed by atoms with Crippen LogP contribution in [0.3, 0.4) is 0 Å². The Bertz CT molecular complexity index is 666. The molecule has 1 aliphatic rings. The van der Waals surface area contributed by atoms with E-state index in [-0.39, 0.29) is 12.1 Å². The van der Waals surface area contributed by atoms with Gasteiger partial charge in [0.25, 0.3) is 0 Å². The van der Waals surface area contributed by atoms with Gasteiger partial charge in [0.2, 0.25) is 0 Å². The Morgan fingerprint density at radius 2 is 2.05 bits per heavy atom. The number of nitrogens with one attached hydrogen (secondary N) is 2. The smallest absolute Gasteiger partial charge is 0.321 e. The van der Waals surface area contributed by atoms with E-state index in [0.717, 1.165) is 18.0 Å². The highest BCUT2D eigenvalue weighted by Crippen LogP contribution is 2.30. The quantitative estimate of drug-likeness (QED) is 0.862. The lowest BCUT2D eigenvalue weighted by Gasteiger charge is -2.13. The highest BCUT2D eigenvalue weighted by molar-refractivity contribution is 7.15. The minimum absolute atomic E-state index is 0.000429. The molecule has 118 valence electrons. The number of anilines is 1. The fourth-order valence-electron chi connectivity index (χ4n) is 2.89. The van der Waals surface area contributed by atoms with Gasteiger partial charge in [0.15, 0.2) is 5.13 Å². The highest BCUT2D eigenvalue weighted by atomic mass is 32.1. The van der Waals surface area contributed by atoms with Crippen molar-refractivity contribution in [2.75, 3.05) is 5.32 Å². The van der Waals surface area contributed by atoms with Crippen LogP contribution in [-0.4, -0.2) is 11.0 Å². The zero-order valence-electron chi connectivity index (χ0n) is 13.2. The lowest BCUT2D eigenvalue weighted by atomic mass is 10.0. The van der Waals surface area contributed by atoms with Crippen LogP contribution in [0.5, 0.6) is 0 Å². The van der Waals surface area contributed by atoms with Gasteiger partial charge in [0.05, 0.1) is 11.7 Å². The van der Waals surface area contributed by atoms with Crippen LogP contribution in [0.1, 0.15) is 51.7 Å². The maximum Gasteiger partial charge on any atom is 0.321 e. The van der Waals surface area contributed by atoms with Crippen molar-refractivity contribution in [2.24, 2.45) is 0 Å². The van der Waals surface area contributed by atoms with Gasteiger partial charge in [-0.25, -0.2) is 9.78 Å². The molecule has 0 fully saturated rings. The minimum Gasteiger partial charge on any atom is -0.331 e. The third-order valence-corrected chi connectivity index (χ3v) is 6.01. The lowest BCUT2D eigenvalue weighted by Crippen LogP contribution is -2.31. The van der Waals surface area contributed by atoms with Gasteiger partial charge in [-0.05, 0) is 58.1 Å². The zero-order chi connectivity index (χ0) is 15.7. The van der Waals surface area contributed by atoms with Crippen LogP contribution in [-0.2, 0) is 12.8 Å². The molecule has 1 aliphatic carbocycles. The van der Waals surface area contributed by atoms with Gasteiger partial charge in [-0.3, -0.25) is 5.32 Å². The Kier molecular flexibility index (Phi) is 4.49. The van der Waals surface area contributed by atoms with Crippen molar-refractivity contribution in [3.05, 3.63) is 32.0 Å². The Labute approximate surface area is 139 Å². The summed E-state index contributed by atoms with van der Waals surface area (Å²) >= 11 is 3.38. The van der Waals surface area contributed by atoms with Gasteiger partial charge in [-0.2, -0.15) is 0 Å². The van der Waals surface area contributed by atoms with Crippen LogP contribution < -0.4 is 10.6 Å². The van der Waals surface area contributed by atoms with Crippen molar-refractivity contribution in [3.8, 4) is 0 Å². The van der Waals surface area contributed by atoms with E-state index < -0.39 is 0 Å². The molecule has 22 heavy (non-hydrogen) atoms. The number of aromatic nitrogens is 1. The van der Waals surface area contributed by atoms with Crippen molar-refractivity contribution in [3.63, 3.8) is 0 Å². The van der Waals surface area contributed by atoms with Crippen molar-refractivity contribution in [1.82, 2.24) is 10.3 Å². The summed E-state index contributed by atoms with van der Waals surface area (Å²) < 4.78 is 0. The normalized spacial score (nSPS) is 15.2. The molecule has 4 nitrogen and oxygen atoms in total. The molecule has 0 aromatic carbocycles. The Morgan fingerprint density at radius 3 is 2.73 bits per heavy atom. The number of thiazole rings is 1. The van der Waals surface area contributed by atoms with Crippen molar-refractivity contribution in [2.45, 2.75) is 52.5 Å². The van der Waals surface area contributed by atoms with E-state index >= 15 is 0 Å². The molecule has 0 saturated carbocycles. The Morgan fingerprint density at radius 1 is 1.27 bits per heavy atom. The van der Waals surface area contributed by atoms with Crippen LogP contribution in [0, 0.1) is 13.8 Å². The van der Waals surface area contributed by atoms with Gasteiger partial charge in [0.1, 0.15) is 0 Å². The predicted molar refractivity (Wildman–Crippen MR) is 93.1 cm³/mol. The number of hydrogen-bond acceptors (Lipinski definition) is 4. The predicted octanol–water partition coefficient (Wildman–Crippen LogP) is 4.58. The Hall–Kier alpha value is -1.40. The number of aryl methyl sites for hydroxylation is 4. The summed E-state index contributed by atoms with van der Waals surface area (Å²) in [5, 5.41) is 6.61.